The van der Waals surface area contributed by atoms with E-state index in [1.165, 1.54) is 0 Å². The van der Waals surface area contributed by atoms with Crippen LogP contribution in [-0.4, -0.2) is 37.8 Å². The SMILES string of the molecule is CS(=O)(=O)CC1=CC(=O)NC(O)N1. The maximum atomic E-state index is 10.8. The van der Waals surface area contributed by atoms with Crippen LogP contribution in [0.4, 0.5) is 0 Å². The Bertz CT molecular complexity index is 346. The molecule has 0 fully saturated rings. The van der Waals surface area contributed by atoms with Crippen LogP contribution in [0.25, 0.3) is 0 Å². The van der Waals surface area contributed by atoms with Gasteiger partial charge in [-0.3, -0.25) is 4.79 Å². The molecule has 7 heteroatoms. The van der Waals surface area contributed by atoms with Crippen molar-refractivity contribution < 1.29 is 18.3 Å². The topological polar surface area (TPSA) is 95.5 Å². The minimum absolute atomic E-state index is 0.193. The van der Waals surface area contributed by atoms with Crippen molar-refractivity contribution in [3.8, 4) is 0 Å². The number of rotatable bonds is 2. The Kier molecular flexibility index (Phi) is 2.58. The standard InChI is InChI=1S/C6H10N2O4S/c1-13(11,12)3-4-2-5(9)8-6(10)7-4/h2,6-7,10H,3H2,1H3,(H,8,9). The summed E-state index contributed by atoms with van der Waals surface area (Å²) >= 11 is 0. The van der Waals surface area contributed by atoms with Crippen molar-refractivity contribution in [3.63, 3.8) is 0 Å². The third-order valence-electron chi connectivity index (χ3n) is 1.32. The van der Waals surface area contributed by atoms with Gasteiger partial charge in [0.25, 0.3) is 0 Å². The summed E-state index contributed by atoms with van der Waals surface area (Å²) in [6.07, 6.45) is 0.941. The van der Waals surface area contributed by atoms with Gasteiger partial charge in [0.15, 0.2) is 9.84 Å². The molecule has 0 saturated heterocycles. The zero-order valence-electron chi connectivity index (χ0n) is 6.94. The van der Waals surface area contributed by atoms with Crippen LogP contribution in [0.15, 0.2) is 11.8 Å². The molecule has 0 aliphatic carbocycles. The summed E-state index contributed by atoms with van der Waals surface area (Å²) in [5.74, 6) is -0.790. The average molecular weight is 206 g/mol. The lowest BCUT2D eigenvalue weighted by molar-refractivity contribution is -0.120. The number of sulfone groups is 1. The van der Waals surface area contributed by atoms with Crippen molar-refractivity contribution in [3.05, 3.63) is 11.8 Å². The van der Waals surface area contributed by atoms with Crippen molar-refractivity contribution in [2.75, 3.05) is 12.0 Å². The summed E-state index contributed by atoms with van der Waals surface area (Å²) < 4.78 is 21.6. The molecule has 0 spiro atoms. The highest BCUT2D eigenvalue weighted by molar-refractivity contribution is 7.90. The van der Waals surface area contributed by atoms with Gasteiger partial charge in [0, 0.05) is 18.0 Å². The molecule has 0 bridgehead atoms. The molecule has 1 atom stereocenters. The molecule has 0 aromatic rings. The van der Waals surface area contributed by atoms with E-state index < -0.39 is 22.1 Å². The highest BCUT2D eigenvalue weighted by atomic mass is 32.2. The summed E-state index contributed by atoms with van der Waals surface area (Å²) in [5.41, 5.74) is 0.193. The molecule has 1 amide bonds. The van der Waals surface area contributed by atoms with E-state index in [-0.39, 0.29) is 11.4 Å². The third-order valence-corrected chi connectivity index (χ3v) is 2.16. The smallest absolute Gasteiger partial charge is 0.249 e. The lowest BCUT2D eigenvalue weighted by atomic mass is 10.3. The highest BCUT2D eigenvalue weighted by Crippen LogP contribution is 2.00. The van der Waals surface area contributed by atoms with Crippen LogP contribution >= 0.6 is 0 Å². The second-order valence-electron chi connectivity index (χ2n) is 2.80. The summed E-state index contributed by atoms with van der Waals surface area (Å²) in [7, 11) is -3.19. The first kappa shape index (κ1) is 10.0. The number of aliphatic hydroxyl groups is 1. The number of aliphatic hydroxyl groups excluding tert-OH is 1. The summed E-state index contributed by atoms with van der Waals surface area (Å²) in [4.78, 5) is 10.8. The average Bonchev–Trinajstić information content (AvgIpc) is 1.78. The summed E-state index contributed by atoms with van der Waals surface area (Å²) in [5, 5.41) is 13.5. The zero-order valence-corrected chi connectivity index (χ0v) is 7.76. The van der Waals surface area contributed by atoms with Crippen molar-refractivity contribution in [2.45, 2.75) is 6.35 Å². The molecule has 1 unspecified atom stereocenters. The first-order valence-corrected chi connectivity index (χ1v) is 5.56. The lowest BCUT2D eigenvalue weighted by Gasteiger charge is -2.21. The molecule has 0 aromatic heterocycles. The Hall–Kier alpha value is -1.08. The fourth-order valence-electron chi connectivity index (χ4n) is 0.954. The van der Waals surface area contributed by atoms with Crippen LogP contribution in [0.1, 0.15) is 0 Å². The zero-order chi connectivity index (χ0) is 10.1. The van der Waals surface area contributed by atoms with Crippen LogP contribution in [0.2, 0.25) is 0 Å². The van der Waals surface area contributed by atoms with E-state index in [1.54, 1.807) is 0 Å². The Morgan fingerprint density at radius 1 is 1.54 bits per heavy atom. The van der Waals surface area contributed by atoms with Gasteiger partial charge in [0.2, 0.25) is 12.3 Å². The maximum Gasteiger partial charge on any atom is 0.249 e. The van der Waals surface area contributed by atoms with Gasteiger partial charge in [-0.25, -0.2) is 8.42 Å². The number of nitrogens with one attached hydrogen (secondary N) is 2. The first-order valence-electron chi connectivity index (χ1n) is 3.50. The lowest BCUT2D eigenvalue weighted by Crippen LogP contribution is -2.49. The quantitative estimate of drug-likeness (QED) is 0.481. The van der Waals surface area contributed by atoms with Crippen molar-refractivity contribution in [2.24, 2.45) is 0 Å². The van der Waals surface area contributed by atoms with Crippen molar-refractivity contribution >= 4 is 15.7 Å². The Morgan fingerprint density at radius 3 is 2.62 bits per heavy atom. The molecule has 1 aliphatic heterocycles. The third kappa shape index (κ3) is 3.43. The minimum atomic E-state index is -3.19. The summed E-state index contributed by atoms with van der Waals surface area (Å²) in [6, 6.07) is 0. The van der Waals surface area contributed by atoms with Gasteiger partial charge in [0.05, 0.1) is 5.75 Å². The van der Waals surface area contributed by atoms with Crippen LogP contribution in [0.3, 0.4) is 0 Å². The molecule has 13 heavy (non-hydrogen) atoms. The largest absolute Gasteiger partial charge is 0.356 e. The van der Waals surface area contributed by atoms with E-state index in [1.807, 2.05) is 0 Å². The van der Waals surface area contributed by atoms with Gasteiger partial charge in [-0.05, 0) is 0 Å². The Balaban J connectivity index is 2.76. The number of carbonyl (C=O) groups excluding carboxylic acids is 1. The second kappa shape index (κ2) is 3.35. The van der Waals surface area contributed by atoms with E-state index >= 15 is 0 Å². The monoisotopic (exact) mass is 206 g/mol. The van der Waals surface area contributed by atoms with E-state index in [9.17, 15) is 13.2 Å². The molecule has 0 aromatic carbocycles. The molecule has 6 nitrogen and oxygen atoms in total. The summed E-state index contributed by atoms with van der Waals surface area (Å²) in [6.45, 7) is 0. The van der Waals surface area contributed by atoms with Gasteiger partial charge in [-0.2, -0.15) is 0 Å². The van der Waals surface area contributed by atoms with E-state index in [2.05, 4.69) is 10.6 Å². The molecular formula is C6H10N2O4S. The molecule has 74 valence electrons. The predicted molar refractivity (Wildman–Crippen MR) is 45.1 cm³/mol. The van der Waals surface area contributed by atoms with Gasteiger partial charge in [0.1, 0.15) is 0 Å². The molecule has 1 heterocycles. The van der Waals surface area contributed by atoms with E-state index in [0.29, 0.717) is 0 Å². The number of carbonyl (C=O) groups is 1. The van der Waals surface area contributed by atoms with Gasteiger partial charge in [-0.15, -0.1) is 0 Å². The minimum Gasteiger partial charge on any atom is -0.356 e. The molecule has 1 aliphatic rings. The Morgan fingerprint density at radius 2 is 2.15 bits per heavy atom. The fourth-order valence-corrected chi connectivity index (χ4v) is 1.69. The number of amides is 1. The maximum absolute atomic E-state index is 10.8. The first-order chi connectivity index (χ1) is 5.87. The van der Waals surface area contributed by atoms with Crippen molar-refractivity contribution in [1.82, 2.24) is 10.6 Å². The predicted octanol–water partition coefficient (Wildman–Crippen LogP) is -2.09. The highest BCUT2D eigenvalue weighted by Gasteiger charge is 2.18. The van der Waals surface area contributed by atoms with E-state index in [4.69, 9.17) is 5.11 Å². The normalized spacial score (nSPS) is 23.1. The molecule has 0 radical (unpaired) electrons. The van der Waals surface area contributed by atoms with Gasteiger partial charge < -0.3 is 15.7 Å². The van der Waals surface area contributed by atoms with Crippen LogP contribution in [-0.2, 0) is 14.6 Å². The molecule has 3 N–H and O–H groups in total. The number of hydrogen-bond donors (Lipinski definition) is 3. The van der Waals surface area contributed by atoms with Crippen LogP contribution < -0.4 is 10.6 Å². The molecule has 0 saturated carbocycles. The molecule has 1 rings (SSSR count). The fraction of sp³-hybridized carbons (Fsp3) is 0.500. The molecular weight excluding hydrogens is 196 g/mol. The second-order valence-corrected chi connectivity index (χ2v) is 4.94. The van der Waals surface area contributed by atoms with Crippen molar-refractivity contribution in [1.29, 1.82) is 0 Å². The van der Waals surface area contributed by atoms with Crippen LogP contribution in [0, 0.1) is 0 Å². The number of hydrogen-bond acceptors (Lipinski definition) is 5. The van der Waals surface area contributed by atoms with Crippen LogP contribution in [0.5, 0.6) is 0 Å². The van der Waals surface area contributed by atoms with Gasteiger partial charge in [-0.1, -0.05) is 0 Å². The van der Waals surface area contributed by atoms with E-state index in [0.717, 1.165) is 12.3 Å². The van der Waals surface area contributed by atoms with Gasteiger partial charge >= 0.3 is 0 Å². The Labute approximate surface area is 75.5 Å².